The largest absolute Gasteiger partial charge is 0.0888 e. The molecule has 0 aromatic heterocycles. The van der Waals surface area contributed by atoms with Crippen LogP contribution >= 0.6 is 36.2 Å². The normalized spacial score (nSPS) is 12.0. The van der Waals surface area contributed by atoms with Crippen molar-refractivity contribution in [2.24, 2.45) is 0 Å². The molecule has 2 aromatic carbocycles. The molecule has 0 unspecified atom stereocenters. The topological polar surface area (TPSA) is 0 Å². The maximum Gasteiger partial charge on any atom is 0.0203 e. The van der Waals surface area contributed by atoms with E-state index < -0.39 is 0 Å². The van der Waals surface area contributed by atoms with Gasteiger partial charge in [0.1, 0.15) is 0 Å². The maximum atomic E-state index is 5.00. The summed E-state index contributed by atoms with van der Waals surface area (Å²) in [6.07, 6.45) is 3.91. The molecule has 0 amide bonds. The number of benzene rings is 2. The van der Waals surface area contributed by atoms with Crippen molar-refractivity contribution in [2.45, 2.75) is 0 Å². The van der Waals surface area contributed by atoms with Gasteiger partial charge in [-0.2, -0.15) is 0 Å². The van der Waals surface area contributed by atoms with E-state index in [4.69, 9.17) is 24.4 Å². The van der Waals surface area contributed by atoms with Gasteiger partial charge < -0.3 is 0 Å². The van der Waals surface area contributed by atoms with E-state index in [2.05, 4.69) is 24.3 Å². The van der Waals surface area contributed by atoms with Gasteiger partial charge in [0, 0.05) is 20.5 Å². The predicted octanol–water partition coefficient (Wildman–Crippen LogP) is 5.80. The lowest BCUT2D eigenvalue weighted by Crippen LogP contribution is -1.84. The average molecular weight is 327 g/mol. The van der Waals surface area contributed by atoms with Crippen molar-refractivity contribution >= 4 is 56.7 Å². The second kappa shape index (κ2) is 8.67. The lowest BCUT2D eigenvalue weighted by Gasteiger charge is -2.10. The molecule has 0 fully saturated rings. The van der Waals surface area contributed by atoms with Crippen LogP contribution in [0.4, 0.5) is 0 Å². The van der Waals surface area contributed by atoms with Gasteiger partial charge in [-0.05, 0) is 23.3 Å². The Morgan fingerprint density at radius 3 is 1.38 bits per heavy atom. The summed E-state index contributed by atoms with van der Waals surface area (Å²) in [5.74, 6) is 0. The minimum absolute atomic E-state index is 1.11. The van der Waals surface area contributed by atoms with Gasteiger partial charge in [-0.15, -0.1) is 0 Å². The second-order valence-corrected chi connectivity index (χ2v) is 5.80. The Bertz CT molecular complexity index is 596. The zero-order chi connectivity index (χ0) is 14.9. The standard InChI is InChI=1S/C18H14S3/c19-13-11-17(15-7-3-1-4-8-15)21-18(12-14-20)16-9-5-2-6-10-16/h1-14H/b17-11+,18-12+. The average Bonchev–Trinajstić information content (AvgIpc) is 2.55. The summed E-state index contributed by atoms with van der Waals surface area (Å²) in [6, 6.07) is 20.4. The zero-order valence-electron chi connectivity index (χ0n) is 11.3. The van der Waals surface area contributed by atoms with E-state index in [9.17, 15) is 0 Å². The Morgan fingerprint density at radius 2 is 1.05 bits per heavy atom. The summed E-state index contributed by atoms with van der Waals surface area (Å²) in [6.45, 7) is 0. The molecule has 2 rings (SSSR count). The Morgan fingerprint density at radius 1 is 0.667 bits per heavy atom. The highest BCUT2D eigenvalue weighted by Crippen LogP contribution is 2.38. The van der Waals surface area contributed by atoms with Crippen molar-refractivity contribution < 1.29 is 0 Å². The lowest BCUT2D eigenvalue weighted by molar-refractivity contribution is 1.65. The van der Waals surface area contributed by atoms with Gasteiger partial charge in [-0.3, -0.25) is 0 Å². The summed E-state index contributed by atoms with van der Waals surface area (Å²) in [5.41, 5.74) is 2.30. The van der Waals surface area contributed by atoms with Gasteiger partial charge in [0.25, 0.3) is 0 Å². The van der Waals surface area contributed by atoms with E-state index in [0.717, 1.165) is 20.9 Å². The van der Waals surface area contributed by atoms with Crippen LogP contribution in [-0.2, 0) is 0 Å². The summed E-state index contributed by atoms with van der Waals surface area (Å²) < 4.78 is 0. The van der Waals surface area contributed by atoms with Crippen LogP contribution in [-0.4, -0.2) is 10.7 Å². The number of allylic oxidation sites excluding steroid dienone is 2. The van der Waals surface area contributed by atoms with Gasteiger partial charge in [0.05, 0.1) is 0 Å². The molecule has 0 heterocycles. The molecule has 0 nitrogen and oxygen atoms in total. The highest BCUT2D eigenvalue weighted by atomic mass is 32.2. The molecule has 0 N–H and O–H groups in total. The fourth-order valence-corrected chi connectivity index (χ4v) is 3.29. The molecule has 3 heteroatoms. The summed E-state index contributed by atoms with van der Waals surface area (Å²) in [5, 5.41) is 3.30. The lowest BCUT2D eigenvalue weighted by atomic mass is 10.2. The van der Waals surface area contributed by atoms with Crippen LogP contribution in [0.1, 0.15) is 11.1 Å². The molecule has 0 bridgehead atoms. The zero-order valence-corrected chi connectivity index (χ0v) is 13.8. The molecule has 0 saturated carbocycles. The first-order valence-corrected chi connectivity index (χ1v) is 8.20. The number of hydrogen-bond donors (Lipinski definition) is 0. The highest BCUT2D eigenvalue weighted by Gasteiger charge is 2.07. The molecule has 0 spiro atoms. The first kappa shape index (κ1) is 15.8. The van der Waals surface area contributed by atoms with Crippen LogP contribution in [0, 0.1) is 0 Å². The Hall–Kier alpha value is -1.55. The van der Waals surface area contributed by atoms with Crippen LogP contribution in [0.25, 0.3) is 9.81 Å². The molecule has 104 valence electrons. The van der Waals surface area contributed by atoms with Gasteiger partial charge in [0.15, 0.2) is 0 Å². The smallest absolute Gasteiger partial charge is 0.0203 e. The van der Waals surface area contributed by atoms with Crippen molar-refractivity contribution in [1.29, 1.82) is 0 Å². The number of hydrogen-bond acceptors (Lipinski definition) is 3. The van der Waals surface area contributed by atoms with Crippen molar-refractivity contribution in [2.75, 3.05) is 0 Å². The third-order valence-electron chi connectivity index (χ3n) is 2.78. The maximum absolute atomic E-state index is 5.00. The van der Waals surface area contributed by atoms with E-state index >= 15 is 0 Å². The number of thiocarbonyl (C=S) groups is 2. The third-order valence-corrected chi connectivity index (χ3v) is 4.23. The van der Waals surface area contributed by atoms with Crippen molar-refractivity contribution in [1.82, 2.24) is 0 Å². The number of thioether (sulfide) groups is 1. The molecule has 0 aliphatic heterocycles. The van der Waals surface area contributed by atoms with Crippen molar-refractivity contribution in [3.63, 3.8) is 0 Å². The van der Waals surface area contributed by atoms with Crippen LogP contribution < -0.4 is 0 Å². The van der Waals surface area contributed by atoms with Crippen LogP contribution in [0.5, 0.6) is 0 Å². The third kappa shape index (κ3) is 4.74. The van der Waals surface area contributed by atoms with E-state index in [1.165, 1.54) is 0 Å². The van der Waals surface area contributed by atoms with E-state index in [1.54, 1.807) is 22.5 Å². The predicted molar refractivity (Wildman–Crippen MR) is 104 cm³/mol. The first-order chi connectivity index (χ1) is 10.3. The minimum Gasteiger partial charge on any atom is -0.0888 e. The molecular weight excluding hydrogens is 312 g/mol. The Kier molecular flexibility index (Phi) is 6.54. The molecular formula is C18H14S3. The monoisotopic (exact) mass is 326 g/mol. The van der Waals surface area contributed by atoms with Crippen molar-refractivity contribution in [3.05, 3.63) is 83.9 Å². The summed E-state index contributed by atoms with van der Waals surface area (Å²) in [4.78, 5) is 2.22. The Labute approximate surface area is 140 Å². The second-order valence-electron chi connectivity index (χ2n) is 4.17. The van der Waals surface area contributed by atoms with E-state index in [0.29, 0.717) is 0 Å². The minimum atomic E-state index is 1.11. The van der Waals surface area contributed by atoms with Crippen LogP contribution in [0.2, 0.25) is 0 Å². The molecule has 2 aromatic rings. The van der Waals surface area contributed by atoms with Gasteiger partial charge in [0.2, 0.25) is 0 Å². The van der Waals surface area contributed by atoms with Crippen molar-refractivity contribution in [3.8, 4) is 0 Å². The fraction of sp³-hybridized carbons (Fsp3) is 0. The SMILES string of the molecule is S=C/C=C(/S/C(=C/C=S)c1ccccc1)c1ccccc1. The van der Waals surface area contributed by atoms with E-state index in [1.807, 2.05) is 48.6 Å². The van der Waals surface area contributed by atoms with Gasteiger partial charge in [-0.25, -0.2) is 0 Å². The summed E-state index contributed by atoms with van der Waals surface area (Å²) >= 11 is 11.7. The van der Waals surface area contributed by atoms with Gasteiger partial charge in [-0.1, -0.05) is 96.9 Å². The van der Waals surface area contributed by atoms with Crippen LogP contribution in [0.3, 0.4) is 0 Å². The Balaban J connectivity index is 2.35. The molecule has 0 aliphatic carbocycles. The molecule has 0 atom stereocenters. The first-order valence-electron chi connectivity index (χ1n) is 6.45. The fourth-order valence-electron chi connectivity index (χ4n) is 1.83. The quantitative estimate of drug-likeness (QED) is 0.486. The molecule has 0 aliphatic rings. The molecule has 0 saturated heterocycles. The van der Waals surface area contributed by atoms with E-state index in [-0.39, 0.29) is 0 Å². The molecule has 0 radical (unpaired) electrons. The number of rotatable bonds is 6. The summed E-state index contributed by atoms with van der Waals surface area (Å²) in [7, 11) is 0. The highest BCUT2D eigenvalue weighted by molar-refractivity contribution is 8.16. The van der Waals surface area contributed by atoms with Gasteiger partial charge >= 0.3 is 0 Å². The van der Waals surface area contributed by atoms with Crippen LogP contribution in [0.15, 0.2) is 72.8 Å². The molecule has 21 heavy (non-hydrogen) atoms.